The summed E-state index contributed by atoms with van der Waals surface area (Å²) in [5.41, 5.74) is 3.44. The van der Waals surface area contributed by atoms with Crippen LogP contribution in [0.2, 0.25) is 5.02 Å². The first-order valence-corrected chi connectivity index (χ1v) is 6.24. The zero-order chi connectivity index (χ0) is 13.8. The number of nitrogens with one attached hydrogen (secondary N) is 2. The average molecular weight is 279 g/mol. The van der Waals surface area contributed by atoms with Crippen molar-refractivity contribution in [2.45, 2.75) is 13.5 Å². The van der Waals surface area contributed by atoms with E-state index in [4.69, 9.17) is 11.6 Å². The van der Waals surface area contributed by atoms with E-state index >= 15 is 0 Å². The number of hydrogen-bond donors (Lipinski definition) is 2. The lowest BCUT2D eigenvalue weighted by molar-refractivity contribution is 0.0594. The maximum absolute atomic E-state index is 11.3. The largest absolute Gasteiger partial charge is 0.464 e. The van der Waals surface area contributed by atoms with Crippen molar-refractivity contribution < 1.29 is 9.53 Å². The molecule has 1 aromatic carbocycles. The highest BCUT2D eigenvalue weighted by Crippen LogP contribution is 2.20. The number of esters is 1. The number of halogens is 1. The van der Waals surface area contributed by atoms with Crippen molar-refractivity contribution >= 4 is 23.3 Å². The van der Waals surface area contributed by atoms with E-state index in [-0.39, 0.29) is 5.97 Å². The van der Waals surface area contributed by atoms with Crippen LogP contribution in [-0.4, -0.2) is 18.1 Å². The fraction of sp³-hybridized carbons (Fsp3) is 0.214. The van der Waals surface area contributed by atoms with Crippen molar-refractivity contribution in [3.8, 4) is 0 Å². The average Bonchev–Trinajstić information content (AvgIpc) is 2.88. The summed E-state index contributed by atoms with van der Waals surface area (Å²) in [5.74, 6) is -0.370. The molecule has 0 amide bonds. The Morgan fingerprint density at radius 2 is 2.16 bits per heavy atom. The van der Waals surface area contributed by atoms with Crippen LogP contribution in [0.15, 0.2) is 30.3 Å². The summed E-state index contributed by atoms with van der Waals surface area (Å²) in [7, 11) is 1.36. The second kappa shape index (κ2) is 5.80. The monoisotopic (exact) mass is 278 g/mol. The van der Waals surface area contributed by atoms with E-state index < -0.39 is 0 Å². The summed E-state index contributed by atoms with van der Waals surface area (Å²) in [6.45, 7) is 2.59. The van der Waals surface area contributed by atoms with Gasteiger partial charge in [-0.25, -0.2) is 4.79 Å². The minimum atomic E-state index is -0.370. The van der Waals surface area contributed by atoms with Gasteiger partial charge < -0.3 is 15.0 Å². The number of anilines is 1. The van der Waals surface area contributed by atoms with Crippen LogP contribution in [0.1, 0.15) is 21.7 Å². The third kappa shape index (κ3) is 3.29. The van der Waals surface area contributed by atoms with Gasteiger partial charge in [0.25, 0.3) is 0 Å². The number of H-pyrrole nitrogens is 1. The van der Waals surface area contributed by atoms with Gasteiger partial charge in [-0.1, -0.05) is 17.7 Å². The number of aryl methyl sites for hydroxylation is 1. The van der Waals surface area contributed by atoms with E-state index in [1.807, 2.05) is 31.2 Å². The van der Waals surface area contributed by atoms with Gasteiger partial charge in [0.2, 0.25) is 0 Å². The molecule has 2 N–H and O–H groups in total. The fourth-order valence-corrected chi connectivity index (χ4v) is 1.92. The molecule has 0 saturated heterocycles. The lowest BCUT2D eigenvalue weighted by Crippen LogP contribution is -2.04. The lowest BCUT2D eigenvalue weighted by atomic mass is 10.2. The molecule has 0 radical (unpaired) electrons. The second-order valence-electron chi connectivity index (χ2n) is 4.20. The van der Waals surface area contributed by atoms with Crippen LogP contribution in [0, 0.1) is 6.92 Å². The molecule has 0 aliphatic heterocycles. The third-order valence-electron chi connectivity index (χ3n) is 2.82. The van der Waals surface area contributed by atoms with Gasteiger partial charge >= 0.3 is 5.97 Å². The topological polar surface area (TPSA) is 54.1 Å². The van der Waals surface area contributed by atoms with Crippen molar-refractivity contribution in [2.24, 2.45) is 0 Å². The van der Waals surface area contributed by atoms with Gasteiger partial charge in [0.05, 0.1) is 13.7 Å². The summed E-state index contributed by atoms with van der Waals surface area (Å²) in [6, 6.07) is 9.24. The Balaban J connectivity index is 2.04. The number of aromatic nitrogens is 1. The quantitative estimate of drug-likeness (QED) is 0.843. The summed E-state index contributed by atoms with van der Waals surface area (Å²) in [5, 5.41) is 3.96. The van der Waals surface area contributed by atoms with Gasteiger partial charge in [-0.05, 0) is 36.8 Å². The van der Waals surface area contributed by atoms with Crippen molar-refractivity contribution in [2.75, 3.05) is 12.4 Å². The van der Waals surface area contributed by atoms with Gasteiger partial charge in [0, 0.05) is 16.4 Å². The molecule has 2 aromatic rings. The molecule has 0 aliphatic carbocycles. The number of rotatable bonds is 4. The standard InChI is InChI=1S/C14H15ClN2O2/c1-9-3-4-10(15)7-13(9)16-8-11-5-6-12(17-11)14(18)19-2/h3-7,16-17H,8H2,1-2H3. The number of carbonyl (C=O) groups is 1. The summed E-state index contributed by atoms with van der Waals surface area (Å²) in [6.07, 6.45) is 0. The molecular formula is C14H15ClN2O2. The first-order valence-electron chi connectivity index (χ1n) is 5.86. The molecule has 100 valence electrons. The lowest BCUT2D eigenvalue weighted by Gasteiger charge is -2.09. The van der Waals surface area contributed by atoms with Crippen molar-refractivity contribution in [3.63, 3.8) is 0 Å². The summed E-state index contributed by atoms with van der Waals surface area (Å²) >= 11 is 5.95. The van der Waals surface area contributed by atoms with E-state index in [0.29, 0.717) is 17.3 Å². The first-order chi connectivity index (χ1) is 9.10. The van der Waals surface area contributed by atoms with E-state index in [2.05, 4.69) is 15.0 Å². The normalized spacial score (nSPS) is 10.3. The molecule has 0 aliphatic rings. The number of methoxy groups -OCH3 is 1. The number of hydrogen-bond acceptors (Lipinski definition) is 3. The Kier molecular flexibility index (Phi) is 4.12. The second-order valence-corrected chi connectivity index (χ2v) is 4.64. The van der Waals surface area contributed by atoms with Crippen LogP contribution in [0.3, 0.4) is 0 Å². The van der Waals surface area contributed by atoms with Crippen LogP contribution >= 0.6 is 11.6 Å². The highest BCUT2D eigenvalue weighted by molar-refractivity contribution is 6.30. The summed E-state index contributed by atoms with van der Waals surface area (Å²) in [4.78, 5) is 14.3. The highest BCUT2D eigenvalue weighted by Gasteiger charge is 2.08. The minimum absolute atomic E-state index is 0.370. The number of aromatic amines is 1. The smallest absolute Gasteiger partial charge is 0.354 e. The fourth-order valence-electron chi connectivity index (χ4n) is 1.75. The van der Waals surface area contributed by atoms with Crippen molar-refractivity contribution in [1.82, 2.24) is 4.98 Å². The molecule has 2 rings (SSSR count). The van der Waals surface area contributed by atoms with Gasteiger partial charge in [0.1, 0.15) is 5.69 Å². The maximum atomic E-state index is 11.3. The Bertz CT molecular complexity index is 593. The third-order valence-corrected chi connectivity index (χ3v) is 3.06. The van der Waals surface area contributed by atoms with Crippen LogP contribution in [0.4, 0.5) is 5.69 Å². The molecule has 0 unspecified atom stereocenters. The molecule has 1 aromatic heterocycles. The molecule has 0 bridgehead atoms. The van der Waals surface area contributed by atoms with Crippen molar-refractivity contribution in [1.29, 1.82) is 0 Å². The van der Waals surface area contributed by atoms with Crippen LogP contribution in [0.5, 0.6) is 0 Å². The van der Waals surface area contributed by atoms with Gasteiger partial charge in [-0.3, -0.25) is 0 Å². The Morgan fingerprint density at radius 3 is 2.89 bits per heavy atom. The van der Waals surface area contributed by atoms with Crippen LogP contribution < -0.4 is 5.32 Å². The molecule has 4 nitrogen and oxygen atoms in total. The van der Waals surface area contributed by atoms with E-state index in [0.717, 1.165) is 16.9 Å². The number of carbonyl (C=O) groups excluding carboxylic acids is 1. The van der Waals surface area contributed by atoms with E-state index in [1.54, 1.807) is 6.07 Å². The van der Waals surface area contributed by atoms with Crippen molar-refractivity contribution in [3.05, 3.63) is 52.3 Å². The predicted molar refractivity (Wildman–Crippen MR) is 75.6 cm³/mol. The highest BCUT2D eigenvalue weighted by atomic mass is 35.5. The van der Waals surface area contributed by atoms with Gasteiger partial charge in [-0.2, -0.15) is 0 Å². The Morgan fingerprint density at radius 1 is 1.37 bits per heavy atom. The molecule has 19 heavy (non-hydrogen) atoms. The van der Waals surface area contributed by atoms with E-state index in [1.165, 1.54) is 7.11 Å². The Labute approximate surface area is 116 Å². The SMILES string of the molecule is COC(=O)c1ccc(CNc2cc(Cl)ccc2C)[nH]1. The molecule has 0 saturated carbocycles. The molecule has 5 heteroatoms. The zero-order valence-corrected chi connectivity index (χ0v) is 11.5. The van der Waals surface area contributed by atoms with Crippen LogP contribution in [-0.2, 0) is 11.3 Å². The van der Waals surface area contributed by atoms with Gasteiger partial charge in [-0.15, -0.1) is 0 Å². The summed E-state index contributed by atoms with van der Waals surface area (Å²) < 4.78 is 4.64. The molecule has 0 spiro atoms. The zero-order valence-electron chi connectivity index (χ0n) is 10.8. The minimum Gasteiger partial charge on any atom is -0.464 e. The van der Waals surface area contributed by atoms with Gasteiger partial charge in [0.15, 0.2) is 0 Å². The number of benzene rings is 1. The number of ether oxygens (including phenoxy) is 1. The predicted octanol–water partition coefficient (Wildman–Crippen LogP) is 3.38. The van der Waals surface area contributed by atoms with E-state index in [9.17, 15) is 4.79 Å². The first kappa shape index (κ1) is 13.5. The molecule has 0 fully saturated rings. The maximum Gasteiger partial charge on any atom is 0.354 e. The molecule has 0 atom stereocenters. The molecular weight excluding hydrogens is 264 g/mol. The van der Waals surface area contributed by atoms with Crippen LogP contribution in [0.25, 0.3) is 0 Å². The molecule has 1 heterocycles. The Hall–Kier alpha value is -1.94.